The third kappa shape index (κ3) is 4.11. The lowest BCUT2D eigenvalue weighted by molar-refractivity contribution is -0.130. The smallest absolute Gasteiger partial charge is 0.222 e. The van der Waals surface area contributed by atoms with Gasteiger partial charge in [-0.25, -0.2) is 0 Å². The molecule has 0 saturated heterocycles. The van der Waals surface area contributed by atoms with Crippen LogP contribution < -0.4 is 0 Å². The first-order valence-corrected chi connectivity index (χ1v) is 6.62. The Morgan fingerprint density at radius 1 is 1.42 bits per heavy atom. The zero-order valence-corrected chi connectivity index (χ0v) is 11.2. The van der Waals surface area contributed by atoms with Gasteiger partial charge in [-0.15, -0.1) is 0 Å². The van der Waals surface area contributed by atoms with Gasteiger partial charge in [-0.05, 0) is 30.4 Å². The van der Waals surface area contributed by atoms with Gasteiger partial charge in [-0.1, -0.05) is 30.0 Å². The van der Waals surface area contributed by atoms with E-state index in [9.17, 15) is 4.79 Å². The van der Waals surface area contributed by atoms with Gasteiger partial charge in [0.15, 0.2) is 0 Å². The van der Waals surface area contributed by atoms with Gasteiger partial charge < -0.3 is 10.0 Å². The summed E-state index contributed by atoms with van der Waals surface area (Å²) < 4.78 is 0. The molecule has 1 amide bonds. The first-order valence-electron chi connectivity index (χ1n) is 6.62. The number of aliphatic hydroxyl groups excluding tert-OH is 1. The molecular formula is C16H19NO2. The maximum atomic E-state index is 12.0. The summed E-state index contributed by atoms with van der Waals surface area (Å²) in [6.45, 7) is 0.423. The Bertz CT molecular complexity index is 509. The molecule has 19 heavy (non-hydrogen) atoms. The molecule has 3 heteroatoms. The van der Waals surface area contributed by atoms with Crippen LogP contribution in [0, 0.1) is 17.8 Å². The van der Waals surface area contributed by atoms with Crippen molar-refractivity contribution in [1.82, 2.24) is 4.90 Å². The van der Waals surface area contributed by atoms with Gasteiger partial charge in [-0.2, -0.15) is 0 Å². The number of amides is 1. The summed E-state index contributed by atoms with van der Waals surface area (Å²) in [6.07, 6.45) is 3.05. The summed E-state index contributed by atoms with van der Waals surface area (Å²) in [7, 11) is 1.83. The summed E-state index contributed by atoms with van der Waals surface area (Å²) >= 11 is 0. The van der Waals surface area contributed by atoms with Crippen LogP contribution >= 0.6 is 0 Å². The maximum Gasteiger partial charge on any atom is 0.222 e. The molecule has 1 saturated carbocycles. The molecule has 1 aromatic rings. The Kier molecular flexibility index (Phi) is 4.59. The molecule has 3 nitrogen and oxygen atoms in total. The van der Waals surface area contributed by atoms with Crippen LogP contribution in [0.3, 0.4) is 0 Å². The number of benzene rings is 1. The molecular weight excluding hydrogens is 238 g/mol. The molecule has 0 atom stereocenters. The molecule has 0 aliphatic heterocycles. The van der Waals surface area contributed by atoms with Crippen molar-refractivity contribution in [3.63, 3.8) is 0 Å². The number of nitrogens with zero attached hydrogens (tertiary/aromatic N) is 1. The van der Waals surface area contributed by atoms with Crippen LogP contribution in [0.15, 0.2) is 24.3 Å². The third-order valence-corrected chi connectivity index (χ3v) is 3.31. The van der Waals surface area contributed by atoms with Gasteiger partial charge in [-0.3, -0.25) is 4.79 Å². The normalized spacial score (nSPS) is 13.6. The Balaban J connectivity index is 2.02. The van der Waals surface area contributed by atoms with Gasteiger partial charge in [0.2, 0.25) is 5.91 Å². The van der Waals surface area contributed by atoms with Crippen molar-refractivity contribution in [2.75, 3.05) is 13.7 Å². The molecule has 0 spiro atoms. The number of rotatable bonds is 4. The minimum absolute atomic E-state index is 0.148. The Morgan fingerprint density at radius 3 is 2.84 bits per heavy atom. The summed E-state index contributed by atoms with van der Waals surface area (Å²) in [5.41, 5.74) is 1.90. The Hall–Kier alpha value is -1.79. The molecule has 0 unspecified atom stereocenters. The molecule has 1 aromatic carbocycles. The lowest BCUT2D eigenvalue weighted by Gasteiger charge is -2.18. The van der Waals surface area contributed by atoms with Gasteiger partial charge >= 0.3 is 0 Å². The summed E-state index contributed by atoms with van der Waals surface area (Å²) in [5.74, 6) is 6.39. The SMILES string of the molecule is CN(Cc1ccccc1C#CCO)C(=O)CC1CC1. The van der Waals surface area contributed by atoms with Crippen LogP contribution in [0.1, 0.15) is 30.4 Å². The van der Waals surface area contributed by atoms with Crippen molar-refractivity contribution < 1.29 is 9.90 Å². The van der Waals surface area contributed by atoms with Crippen LogP contribution in [-0.2, 0) is 11.3 Å². The van der Waals surface area contributed by atoms with Gasteiger partial charge in [0, 0.05) is 25.6 Å². The lowest BCUT2D eigenvalue weighted by atomic mass is 10.1. The highest BCUT2D eigenvalue weighted by Crippen LogP contribution is 2.32. The molecule has 2 rings (SSSR count). The Morgan fingerprint density at radius 2 is 2.16 bits per heavy atom. The molecule has 1 fully saturated rings. The fourth-order valence-corrected chi connectivity index (χ4v) is 1.98. The van der Waals surface area contributed by atoms with Crippen molar-refractivity contribution in [3.8, 4) is 11.8 Å². The second-order valence-corrected chi connectivity index (χ2v) is 5.01. The molecule has 100 valence electrons. The highest BCUT2D eigenvalue weighted by molar-refractivity contribution is 5.76. The van der Waals surface area contributed by atoms with Gasteiger partial charge in [0.1, 0.15) is 6.61 Å². The van der Waals surface area contributed by atoms with Crippen LogP contribution in [0.4, 0.5) is 0 Å². The predicted octanol–water partition coefficient (Wildman–Crippen LogP) is 1.79. The van der Waals surface area contributed by atoms with E-state index in [0.29, 0.717) is 18.9 Å². The van der Waals surface area contributed by atoms with E-state index in [0.717, 1.165) is 11.1 Å². The number of hydrogen-bond donors (Lipinski definition) is 1. The first-order chi connectivity index (χ1) is 9.20. The van der Waals surface area contributed by atoms with E-state index in [1.165, 1.54) is 12.8 Å². The first kappa shape index (κ1) is 13.6. The molecule has 1 N–H and O–H groups in total. The molecule has 0 aromatic heterocycles. The minimum atomic E-state index is -0.148. The molecule has 0 bridgehead atoms. The fourth-order valence-electron chi connectivity index (χ4n) is 1.98. The van der Waals surface area contributed by atoms with Crippen molar-refractivity contribution in [1.29, 1.82) is 0 Å². The average molecular weight is 257 g/mol. The fraction of sp³-hybridized carbons (Fsp3) is 0.438. The Labute approximate surface area is 114 Å². The zero-order valence-electron chi connectivity index (χ0n) is 11.2. The largest absolute Gasteiger partial charge is 0.384 e. The van der Waals surface area contributed by atoms with Crippen LogP contribution in [-0.4, -0.2) is 29.6 Å². The summed E-state index contributed by atoms with van der Waals surface area (Å²) in [4.78, 5) is 13.7. The van der Waals surface area contributed by atoms with Crippen LogP contribution in [0.25, 0.3) is 0 Å². The van der Waals surface area contributed by atoms with Crippen molar-refractivity contribution in [2.45, 2.75) is 25.8 Å². The van der Waals surface area contributed by atoms with Gasteiger partial charge in [0.25, 0.3) is 0 Å². The lowest BCUT2D eigenvalue weighted by Crippen LogP contribution is -2.26. The molecule has 0 radical (unpaired) electrons. The van der Waals surface area contributed by atoms with Crippen LogP contribution in [0.5, 0.6) is 0 Å². The number of carbonyl (C=O) groups excluding carboxylic acids is 1. The highest BCUT2D eigenvalue weighted by atomic mass is 16.2. The van der Waals surface area contributed by atoms with E-state index in [2.05, 4.69) is 11.8 Å². The molecule has 1 aliphatic carbocycles. The summed E-state index contributed by atoms with van der Waals surface area (Å²) in [6, 6.07) is 7.75. The van der Waals surface area contributed by atoms with Crippen molar-refractivity contribution in [2.24, 2.45) is 5.92 Å². The second-order valence-electron chi connectivity index (χ2n) is 5.01. The zero-order chi connectivity index (χ0) is 13.7. The number of aliphatic hydroxyl groups is 1. The maximum absolute atomic E-state index is 12.0. The molecule has 0 heterocycles. The van der Waals surface area contributed by atoms with E-state index in [-0.39, 0.29) is 12.5 Å². The average Bonchev–Trinajstić information content (AvgIpc) is 3.21. The van der Waals surface area contributed by atoms with E-state index in [1.807, 2.05) is 31.3 Å². The summed E-state index contributed by atoms with van der Waals surface area (Å²) in [5, 5.41) is 8.76. The topological polar surface area (TPSA) is 40.5 Å². The van der Waals surface area contributed by atoms with Gasteiger partial charge in [0.05, 0.1) is 0 Å². The van der Waals surface area contributed by atoms with E-state index in [1.54, 1.807) is 4.90 Å². The van der Waals surface area contributed by atoms with E-state index < -0.39 is 0 Å². The third-order valence-electron chi connectivity index (χ3n) is 3.31. The van der Waals surface area contributed by atoms with E-state index >= 15 is 0 Å². The minimum Gasteiger partial charge on any atom is -0.384 e. The highest BCUT2D eigenvalue weighted by Gasteiger charge is 2.25. The number of hydrogen-bond acceptors (Lipinski definition) is 2. The quantitative estimate of drug-likeness (QED) is 0.835. The second kappa shape index (κ2) is 6.40. The predicted molar refractivity (Wildman–Crippen MR) is 74.2 cm³/mol. The van der Waals surface area contributed by atoms with Crippen molar-refractivity contribution >= 4 is 5.91 Å². The van der Waals surface area contributed by atoms with Crippen LogP contribution in [0.2, 0.25) is 0 Å². The molecule has 1 aliphatic rings. The van der Waals surface area contributed by atoms with Crippen molar-refractivity contribution in [3.05, 3.63) is 35.4 Å². The number of carbonyl (C=O) groups is 1. The van der Waals surface area contributed by atoms with E-state index in [4.69, 9.17) is 5.11 Å². The standard InChI is InChI=1S/C16H19NO2/c1-17(16(19)11-13-8-9-13)12-15-6-3-2-5-14(15)7-4-10-18/h2-3,5-6,13,18H,8-12H2,1H3. The monoisotopic (exact) mass is 257 g/mol.